The first-order valence-corrected chi connectivity index (χ1v) is 2.63. The number of esters is 1. The van der Waals surface area contributed by atoms with E-state index in [1.54, 1.807) is 5.92 Å². The summed E-state index contributed by atoms with van der Waals surface area (Å²) in [5, 5.41) is 8.26. The lowest BCUT2D eigenvalue weighted by Crippen LogP contribution is -2.24. The van der Waals surface area contributed by atoms with Crippen LogP contribution in [0, 0.1) is 12.3 Å². The molecule has 0 radical (unpaired) electrons. The molecule has 0 fully saturated rings. The maximum atomic E-state index is 10.4. The van der Waals surface area contributed by atoms with E-state index in [-0.39, 0.29) is 0 Å². The second-order valence-electron chi connectivity index (χ2n) is 1.53. The fraction of sp³-hybridized carbons (Fsp3) is 0.143. The quantitative estimate of drug-likeness (QED) is 0.347. The van der Waals surface area contributed by atoms with Gasteiger partial charge in [-0.05, 0) is 0 Å². The average molecular weight is 154 g/mol. The van der Waals surface area contributed by atoms with E-state index in [0.717, 1.165) is 6.08 Å². The SMILES string of the molecule is C#CC(OC(=O)C=C)C(=O)O. The van der Waals surface area contributed by atoms with Crippen molar-refractivity contribution in [3.8, 4) is 12.3 Å². The summed E-state index contributed by atoms with van der Waals surface area (Å²) in [4.78, 5) is 20.5. The van der Waals surface area contributed by atoms with Gasteiger partial charge >= 0.3 is 11.9 Å². The van der Waals surface area contributed by atoms with E-state index in [0.29, 0.717) is 0 Å². The molecule has 0 saturated heterocycles. The zero-order valence-corrected chi connectivity index (χ0v) is 5.61. The highest BCUT2D eigenvalue weighted by molar-refractivity contribution is 5.85. The molecule has 58 valence electrons. The Kier molecular flexibility index (Phi) is 3.46. The minimum absolute atomic E-state index is 0.841. The molecule has 0 saturated carbocycles. The molecule has 1 atom stereocenters. The van der Waals surface area contributed by atoms with Crippen LogP contribution in [0.25, 0.3) is 0 Å². The zero-order chi connectivity index (χ0) is 8.85. The van der Waals surface area contributed by atoms with Gasteiger partial charge < -0.3 is 9.84 Å². The molecule has 11 heavy (non-hydrogen) atoms. The van der Waals surface area contributed by atoms with Gasteiger partial charge in [-0.3, -0.25) is 0 Å². The predicted molar refractivity (Wildman–Crippen MR) is 36.5 cm³/mol. The van der Waals surface area contributed by atoms with Gasteiger partial charge in [0.05, 0.1) is 0 Å². The number of carboxylic acids is 1. The van der Waals surface area contributed by atoms with E-state index in [9.17, 15) is 9.59 Å². The van der Waals surface area contributed by atoms with Gasteiger partial charge in [0.25, 0.3) is 6.10 Å². The average Bonchev–Trinajstić information content (AvgIpc) is 1.99. The summed E-state index contributed by atoms with van der Waals surface area (Å²) in [5.74, 6) is -0.448. The van der Waals surface area contributed by atoms with E-state index in [1.807, 2.05) is 0 Å². The Morgan fingerprint density at radius 3 is 2.55 bits per heavy atom. The Balaban J connectivity index is 4.12. The summed E-state index contributed by atoms with van der Waals surface area (Å²) >= 11 is 0. The van der Waals surface area contributed by atoms with Crippen molar-refractivity contribution in [3.63, 3.8) is 0 Å². The minimum atomic E-state index is -1.53. The van der Waals surface area contributed by atoms with E-state index >= 15 is 0 Å². The molecule has 1 unspecified atom stereocenters. The Bertz CT molecular complexity index is 223. The van der Waals surface area contributed by atoms with Crippen LogP contribution < -0.4 is 0 Å². The molecule has 0 aromatic carbocycles. The number of aliphatic carboxylic acids is 1. The highest BCUT2D eigenvalue weighted by atomic mass is 16.6. The first-order chi connectivity index (χ1) is 5.11. The van der Waals surface area contributed by atoms with E-state index < -0.39 is 18.0 Å². The van der Waals surface area contributed by atoms with Gasteiger partial charge in [0.15, 0.2) is 0 Å². The summed E-state index contributed by atoms with van der Waals surface area (Å²) in [6.45, 7) is 3.07. The fourth-order valence-electron chi connectivity index (χ4n) is 0.320. The smallest absolute Gasteiger partial charge is 0.357 e. The molecule has 0 heterocycles. The second kappa shape index (κ2) is 4.12. The highest BCUT2D eigenvalue weighted by Gasteiger charge is 2.16. The number of rotatable bonds is 3. The second-order valence-corrected chi connectivity index (χ2v) is 1.53. The van der Waals surface area contributed by atoms with Gasteiger partial charge in [-0.15, -0.1) is 6.42 Å². The summed E-state index contributed by atoms with van der Waals surface area (Å²) in [6, 6.07) is 0. The predicted octanol–water partition coefficient (Wildman–Crippen LogP) is -0.198. The molecule has 0 bridgehead atoms. The first-order valence-electron chi connectivity index (χ1n) is 2.63. The Hall–Kier alpha value is -1.76. The van der Waals surface area contributed by atoms with Crippen molar-refractivity contribution in [1.29, 1.82) is 0 Å². The lowest BCUT2D eigenvalue weighted by Gasteiger charge is -2.03. The van der Waals surface area contributed by atoms with Crippen LogP contribution in [0.5, 0.6) is 0 Å². The van der Waals surface area contributed by atoms with Crippen molar-refractivity contribution in [2.45, 2.75) is 6.10 Å². The molecule has 0 aliphatic rings. The van der Waals surface area contributed by atoms with Crippen LogP contribution in [0.4, 0.5) is 0 Å². The van der Waals surface area contributed by atoms with Crippen LogP contribution in [-0.4, -0.2) is 23.1 Å². The van der Waals surface area contributed by atoms with Crippen molar-refractivity contribution in [2.75, 3.05) is 0 Å². The standard InChI is InChI=1S/C7H6O4/c1-3-5(7(9)10)11-6(8)4-2/h1,4-5H,2H2,(H,9,10). The van der Waals surface area contributed by atoms with E-state index in [4.69, 9.17) is 11.5 Å². The lowest BCUT2D eigenvalue weighted by molar-refractivity contribution is -0.156. The third-order valence-corrected chi connectivity index (χ3v) is 0.776. The number of hydrogen-bond donors (Lipinski definition) is 1. The molecule has 4 heteroatoms. The van der Waals surface area contributed by atoms with Crippen LogP contribution in [0.15, 0.2) is 12.7 Å². The Morgan fingerprint density at radius 2 is 2.27 bits per heavy atom. The van der Waals surface area contributed by atoms with Crippen molar-refractivity contribution in [3.05, 3.63) is 12.7 Å². The molecule has 0 aliphatic heterocycles. The third-order valence-electron chi connectivity index (χ3n) is 0.776. The van der Waals surface area contributed by atoms with Crippen LogP contribution in [-0.2, 0) is 14.3 Å². The fourth-order valence-corrected chi connectivity index (χ4v) is 0.320. The zero-order valence-electron chi connectivity index (χ0n) is 5.61. The monoisotopic (exact) mass is 154 g/mol. The molecule has 0 aromatic heterocycles. The van der Waals surface area contributed by atoms with Gasteiger partial charge in [-0.2, -0.15) is 0 Å². The highest BCUT2D eigenvalue weighted by Crippen LogP contribution is 1.91. The van der Waals surface area contributed by atoms with Crippen LogP contribution >= 0.6 is 0 Å². The van der Waals surface area contributed by atoms with Crippen molar-refractivity contribution >= 4 is 11.9 Å². The molecule has 0 rings (SSSR count). The van der Waals surface area contributed by atoms with Crippen LogP contribution in [0.1, 0.15) is 0 Å². The number of terminal acetylenes is 1. The maximum Gasteiger partial charge on any atom is 0.357 e. The number of ether oxygens (including phenoxy) is 1. The van der Waals surface area contributed by atoms with Crippen LogP contribution in [0.3, 0.4) is 0 Å². The summed E-state index contributed by atoms with van der Waals surface area (Å²) < 4.78 is 4.22. The van der Waals surface area contributed by atoms with Gasteiger partial charge in [0.2, 0.25) is 0 Å². The van der Waals surface area contributed by atoms with Crippen molar-refractivity contribution < 1.29 is 19.4 Å². The normalized spacial score (nSPS) is 10.8. The van der Waals surface area contributed by atoms with Gasteiger partial charge in [0.1, 0.15) is 0 Å². The van der Waals surface area contributed by atoms with Gasteiger partial charge in [-0.1, -0.05) is 12.5 Å². The molecular weight excluding hydrogens is 148 g/mol. The number of hydrogen-bond acceptors (Lipinski definition) is 3. The largest absolute Gasteiger partial charge is 0.478 e. The maximum absolute atomic E-state index is 10.4. The molecular formula is C7H6O4. The summed E-state index contributed by atoms with van der Waals surface area (Å²) in [6.07, 6.45) is 4.05. The van der Waals surface area contributed by atoms with E-state index in [1.165, 1.54) is 0 Å². The molecule has 4 nitrogen and oxygen atoms in total. The van der Waals surface area contributed by atoms with Gasteiger partial charge in [-0.25, -0.2) is 9.59 Å². The summed E-state index contributed by atoms with van der Waals surface area (Å²) in [7, 11) is 0. The number of carboxylic acid groups (broad SMARTS) is 1. The molecule has 0 amide bonds. The molecule has 0 aromatic rings. The van der Waals surface area contributed by atoms with Crippen molar-refractivity contribution in [1.82, 2.24) is 0 Å². The van der Waals surface area contributed by atoms with Crippen molar-refractivity contribution in [2.24, 2.45) is 0 Å². The third kappa shape index (κ3) is 3.06. The van der Waals surface area contributed by atoms with Gasteiger partial charge in [0, 0.05) is 6.08 Å². The molecule has 0 spiro atoms. The van der Waals surface area contributed by atoms with Crippen LogP contribution in [0.2, 0.25) is 0 Å². The molecule has 0 aliphatic carbocycles. The first kappa shape index (κ1) is 9.24. The van der Waals surface area contributed by atoms with E-state index in [2.05, 4.69) is 11.3 Å². The topological polar surface area (TPSA) is 63.6 Å². The summed E-state index contributed by atoms with van der Waals surface area (Å²) in [5.41, 5.74) is 0. The molecule has 1 N–H and O–H groups in total. The Morgan fingerprint density at radius 1 is 1.73 bits per heavy atom. The number of carbonyl (C=O) groups excluding carboxylic acids is 1. The minimum Gasteiger partial charge on any atom is -0.478 e. The number of carbonyl (C=O) groups is 2. The lowest BCUT2D eigenvalue weighted by atomic mass is 10.4. The Labute approximate surface area is 63.5 Å².